The van der Waals surface area contributed by atoms with Crippen LogP contribution in [0.25, 0.3) is 0 Å². The van der Waals surface area contributed by atoms with Gasteiger partial charge in [-0.25, -0.2) is 0 Å². The molecular weight excluding hydrogens is 258 g/mol. The average molecular weight is 274 g/mol. The van der Waals surface area contributed by atoms with Crippen molar-refractivity contribution in [3.63, 3.8) is 0 Å². The molecule has 0 aliphatic rings. The van der Waals surface area contributed by atoms with Gasteiger partial charge in [0.05, 0.1) is 17.9 Å². The Hall–Kier alpha value is 0.920. The molecule has 0 aromatic heterocycles. The van der Waals surface area contributed by atoms with Gasteiger partial charge in [-0.2, -0.15) is 0 Å². The molecule has 3 heteroatoms. The van der Waals surface area contributed by atoms with E-state index in [0.717, 1.165) is 11.2 Å². The molecule has 0 aromatic carbocycles. The summed E-state index contributed by atoms with van der Waals surface area (Å²) in [6.07, 6.45) is 0. The topological polar surface area (TPSA) is 16.6 Å². The first-order valence-corrected chi connectivity index (χ1v) is 5.72. The zero-order valence-electron chi connectivity index (χ0n) is 6.61. The number of rotatable bonds is 5. The number of quaternary nitrogens is 1. The molecule has 1 nitrogen and oxygen atoms in total. The van der Waals surface area contributed by atoms with E-state index in [1.807, 2.05) is 0 Å². The van der Waals surface area contributed by atoms with Crippen LogP contribution < -0.4 is 5.32 Å². The van der Waals surface area contributed by atoms with Crippen LogP contribution in [0.3, 0.4) is 0 Å². The lowest BCUT2D eigenvalue weighted by molar-refractivity contribution is -0.658. The Kier molecular flexibility index (Phi) is 7.23. The third kappa shape index (κ3) is 7.03. The molecule has 0 amide bonds. The fourth-order valence-electron chi connectivity index (χ4n) is 0.673. The molecule has 0 saturated heterocycles. The van der Waals surface area contributed by atoms with Crippen molar-refractivity contribution in [1.82, 2.24) is 0 Å². The second-order valence-electron chi connectivity index (χ2n) is 2.91. The van der Waals surface area contributed by atoms with Crippen molar-refractivity contribution >= 4 is 31.9 Å². The molecular formula is C7H16Br2N+. The van der Waals surface area contributed by atoms with Crippen LogP contribution in [-0.2, 0) is 0 Å². The van der Waals surface area contributed by atoms with Gasteiger partial charge in [0, 0.05) is 11.2 Å². The van der Waals surface area contributed by atoms with Crippen molar-refractivity contribution in [2.45, 2.75) is 18.7 Å². The summed E-state index contributed by atoms with van der Waals surface area (Å²) < 4.78 is 0. The molecule has 0 rings (SSSR count). The number of hydrogen-bond acceptors (Lipinski definition) is 0. The maximum atomic E-state index is 3.55. The lowest BCUT2D eigenvalue weighted by Crippen LogP contribution is -2.87. The predicted molar refractivity (Wildman–Crippen MR) is 53.0 cm³/mol. The molecule has 0 unspecified atom stereocenters. The highest BCUT2D eigenvalue weighted by atomic mass is 79.9. The molecule has 0 aromatic rings. The van der Waals surface area contributed by atoms with E-state index in [1.54, 1.807) is 0 Å². The molecule has 2 N–H and O–H groups in total. The molecule has 62 valence electrons. The van der Waals surface area contributed by atoms with Gasteiger partial charge in [-0.15, -0.1) is 0 Å². The van der Waals surface area contributed by atoms with Gasteiger partial charge in [-0.1, -0.05) is 45.7 Å². The lowest BCUT2D eigenvalue weighted by atomic mass is 10.2. The van der Waals surface area contributed by atoms with Gasteiger partial charge in [0.1, 0.15) is 0 Å². The van der Waals surface area contributed by atoms with Crippen molar-refractivity contribution < 1.29 is 5.32 Å². The molecule has 0 bridgehead atoms. The van der Waals surface area contributed by atoms with Gasteiger partial charge < -0.3 is 5.32 Å². The first-order valence-electron chi connectivity index (χ1n) is 3.68. The van der Waals surface area contributed by atoms with Gasteiger partial charge in [0.15, 0.2) is 0 Å². The average Bonchev–Trinajstić information content (AvgIpc) is 1.87. The molecule has 0 heterocycles. The summed E-state index contributed by atoms with van der Waals surface area (Å²) in [5.41, 5.74) is 0. The molecule has 1 atom stereocenters. The van der Waals surface area contributed by atoms with Gasteiger partial charge >= 0.3 is 0 Å². The van der Waals surface area contributed by atoms with Crippen LogP contribution >= 0.6 is 31.9 Å². The van der Waals surface area contributed by atoms with Gasteiger partial charge in [-0.3, -0.25) is 0 Å². The number of alkyl halides is 2. The van der Waals surface area contributed by atoms with Crippen LogP contribution in [0, 0.1) is 5.92 Å². The maximum Gasteiger partial charge on any atom is 0.0890 e. The summed E-state index contributed by atoms with van der Waals surface area (Å²) >= 11 is 6.96. The SMILES string of the molecule is CC(C)C[NH2+]C[C@@H](Br)CBr. The molecule has 0 aliphatic carbocycles. The summed E-state index contributed by atoms with van der Waals surface area (Å²) in [6, 6.07) is 0. The van der Waals surface area contributed by atoms with Crippen LogP contribution in [0.15, 0.2) is 0 Å². The zero-order chi connectivity index (χ0) is 7.98. The quantitative estimate of drug-likeness (QED) is 0.729. The van der Waals surface area contributed by atoms with E-state index in [-0.39, 0.29) is 0 Å². The number of nitrogens with two attached hydrogens (primary N) is 1. The summed E-state index contributed by atoms with van der Waals surface area (Å²) in [4.78, 5) is 0.617. The molecule has 0 saturated carbocycles. The van der Waals surface area contributed by atoms with E-state index in [4.69, 9.17) is 0 Å². The van der Waals surface area contributed by atoms with Gasteiger partial charge in [0.2, 0.25) is 0 Å². The molecule has 0 spiro atoms. The lowest BCUT2D eigenvalue weighted by Gasteiger charge is -2.06. The van der Waals surface area contributed by atoms with Gasteiger partial charge in [0.25, 0.3) is 0 Å². The van der Waals surface area contributed by atoms with Crippen LogP contribution in [0.2, 0.25) is 0 Å². The van der Waals surface area contributed by atoms with E-state index >= 15 is 0 Å². The zero-order valence-corrected chi connectivity index (χ0v) is 9.78. The second-order valence-corrected chi connectivity index (χ2v) is 4.85. The number of halogens is 2. The Bertz CT molecular complexity index is 76.0. The number of hydrogen-bond donors (Lipinski definition) is 1. The fourth-order valence-corrected chi connectivity index (χ4v) is 1.20. The molecule has 10 heavy (non-hydrogen) atoms. The van der Waals surface area contributed by atoms with Crippen LogP contribution in [-0.4, -0.2) is 23.2 Å². The first-order chi connectivity index (χ1) is 4.66. The second kappa shape index (κ2) is 6.62. The normalized spacial score (nSPS) is 14.1. The monoisotopic (exact) mass is 272 g/mol. The van der Waals surface area contributed by atoms with Crippen molar-refractivity contribution in [3.8, 4) is 0 Å². The molecule has 0 fully saturated rings. The minimum absolute atomic E-state index is 0.617. The summed E-state index contributed by atoms with van der Waals surface area (Å²) in [6.45, 7) is 6.89. The summed E-state index contributed by atoms with van der Waals surface area (Å²) in [5, 5.41) is 3.40. The minimum Gasteiger partial charge on any atom is -0.345 e. The Morgan fingerprint density at radius 3 is 2.30 bits per heavy atom. The van der Waals surface area contributed by atoms with Crippen LogP contribution in [0.1, 0.15) is 13.8 Å². The third-order valence-electron chi connectivity index (χ3n) is 1.23. The van der Waals surface area contributed by atoms with E-state index in [0.29, 0.717) is 4.83 Å². The Balaban J connectivity index is 3.03. The summed E-state index contributed by atoms with van der Waals surface area (Å²) in [7, 11) is 0. The van der Waals surface area contributed by atoms with E-state index in [2.05, 4.69) is 51.0 Å². The van der Waals surface area contributed by atoms with Crippen LogP contribution in [0.5, 0.6) is 0 Å². The minimum atomic E-state index is 0.617. The fraction of sp³-hybridized carbons (Fsp3) is 1.00. The smallest absolute Gasteiger partial charge is 0.0890 e. The van der Waals surface area contributed by atoms with Crippen LogP contribution in [0.4, 0.5) is 0 Å². The van der Waals surface area contributed by atoms with Crippen molar-refractivity contribution in [2.75, 3.05) is 18.4 Å². The van der Waals surface area contributed by atoms with Crippen molar-refractivity contribution in [1.29, 1.82) is 0 Å². The third-order valence-corrected chi connectivity index (χ3v) is 3.58. The van der Waals surface area contributed by atoms with Crippen molar-refractivity contribution in [2.24, 2.45) is 5.92 Å². The Labute approximate surface area is 80.2 Å². The highest BCUT2D eigenvalue weighted by Crippen LogP contribution is 1.99. The van der Waals surface area contributed by atoms with E-state index in [9.17, 15) is 0 Å². The molecule has 0 aliphatic heterocycles. The van der Waals surface area contributed by atoms with Gasteiger partial charge in [-0.05, 0) is 0 Å². The van der Waals surface area contributed by atoms with E-state index in [1.165, 1.54) is 13.1 Å². The standard InChI is InChI=1S/C7H15Br2N/c1-6(2)4-10-5-7(9)3-8/h6-7,10H,3-5H2,1-2H3/p+1/t7-/m0/s1. The first kappa shape index (κ1) is 10.9. The van der Waals surface area contributed by atoms with E-state index < -0.39 is 0 Å². The molecule has 0 radical (unpaired) electrons. The predicted octanol–water partition coefficient (Wildman–Crippen LogP) is 1.36. The Morgan fingerprint density at radius 2 is 1.90 bits per heavy atom. The largest absolute Gasteiger partial charge is 0.345 e. The highest BCUT2D eigenvalue weighted by molar-refractivity contribution is 9.12. The van der Waals surface area contributed by atoms with Crippen molar-refractivity contribution in [3.05, 3.63) is 0 Å². The Morgan fingerprint density at radius 1 is 1.30 bits per heavy atom. The summed E-state index contributed by atoms with van der Waals surface area (Å²) in [5.74, 6) is 0.801. The highest BCUT2D eigenvalue weighted by Gasteiger charge is 2.03. The maximum absolute atomic E-state index is 3.55.